The second kappa shape index (κ2) is 15.2. The number of aliphatic hydroxyl groups is 1. The van der Waals surface area contributed by atoms with Crippen molar-refractivity contribution in [2.45, 2.75) is 84.0 Å². The first-order valence-electron chi connectivity index (χ1n) is 9.28. The third-order valence-corrected chi connectivity index (χ3v) is 4.31. The molecule has 0 aliphatic heterocycles. The molecule has 0 saturated carbocycles. The Kier molecular flexibility index (Phi) is 14.3. The maximum atomic E-state index is 11.0. The van der Waals surface area contributed by atoms with Gasteiger partial charge in [-0.25, -0.2) is 9.59 Å². The van der Waals surface area contributed by atoms with Crippen LogP contribution in [0.15, 0.2) is 11.6 Å². The Labute approximate surface area is 145 Å². The van der Waals surface area contributed by atoms with Crippen molar-refractivity contribution in [1.82, 2.24) is 0 Å². The van der Waals surface area contributed by atoms with E-state index in [0.29, 0.717) is 0 Å². The molecule has 0 spiro atoms. The topological polar surface area (TPSA) is 94.8 Å². The monoisotopic (exact) mass is 342 g/mol. The molecule has 24 heavy (non-hydrogen) atoms. The molecule has 0 radical (unpaired) electrons. The Morgan fingerprint density at radius 1 is 0.875 bits per heavy atom. The summed E-state index contributed by atoms with van der Waals surface area (Å²) >= 11 is 0. The molecule has 0 saturated heterocycles. The lowest BCUT2D eigenvalue weighted by Crippen LogP contribution is -2.13. The highest BCUT2D eigenvalue weighted by molar-refractivity contribution is 5.94. The lowest BCUT2D eigenvalue weighted by molar-refractivity contribution is -0.135. The SMILES string of the molecule is CCCCCCCCCCCCC(CO)CC(=CC(=O)O)C(=O)O. The number of carbonyl (C=O) groups is 2. The summed E-state index contributed by atoms with van der Waals surface area (Å²) in [6.07, 6.45) is 13.8. The molecule has 0 aliphatic rings. The van der Waals surface area contributed by atoms with Crippen LogP contribution in [0.4, 0.5) is 0 Å². The van der Waals surface area contributed by atoms with Crippen molar-refractivity contribution in [2.24, 2.45) is 5.92 Å². The minimum atomic E-state index is -1.26. The zero-order valence-corrected chi connectivity index (χ0v) is 15.0. The highest BCUT2D eigenvalue weighted by atomic mass is 16.4. The second-order valence-corrected chi connectivity index (χ2v) is 6.54. The first-order valence-corrected chi connectivity index (χ1v) is 9.28. The highest BCUT2D eigenvalue weighted by Gasteiger charge is 2.16. The van der Waals surface area contributed by atoms with Gasteiger partial charge >= 0.3 is 11.9 Å². The van der Waals surface area contributed by atoms with Gasteiger partial charge in [0.2, 0.25) is 0 Å². The van der Waals surface area contributed by atoms with Crippen molar-refractivity contribution in [3.8, 4) is 0 Å². The second-order valence-electron chi connectivity index (χ2n) is 6.54. The molecule has 0 aromatic carbocycles. The molecule has 3 N–H and O–H groups in total. The van der Waals surface area contributed by atoms with Crippen LogP contribution >= 0.6 is 0 Å². The summed E-state index contributed by atoms with van der Waals surface area (Å²) in [4.78, 5) is 21.6. The van der Waals surface area contributed by atoms with Crippen LogP contribution in [0.1, 0.15) is 84.0 Å². The molecule has 1 unspecified atom stereocenters. The number of aliphatic hydroxyl groups excluding tert-OH is 1. The standard InChI is InChI=1S/C19H34O5/c1-2-3-4-5-6-7-8-9-10-11-12-16(15-20)13-17(19(23)24)14-18(21)22/h14,16,20H,2-13,15H2,1H3,(H,21,22)(H,23,24). The van der Waals surface area contributed by atoms with Gasteiger partial charge in [0.05, 0.1) is 0 Å². The van der Waals surface area contributed by atoms with E-state index in [9.17, 15) is 14.7 Å². The molecule has 0 aromatic rings. The molecule has 1 atom stereocenters. The van der Waals surface area contributed by atoms with E-state index in [4.69, 9.17) is 10.2 Å². The van der Waals surface area contributed by atoms with Gasteiger partial charge in [0, 0.05) is 18.3 Å². The highest BCUT2D eigenvalue weighted by Crippen LogP contribution is 2.19. The summed E-state index contributed by atoms with van der Waals surface area (Å²) in [5.74, 6) is -2.66. The third-order valence-electron chi connectivity index (χ3n) is 4.31. The molecule has 0 rings (SSSR count). The van der Waals surface area contributed by atoms with Crippen LogP contribution in [0.2, 0.25) is 0 Å². The lowest BCUT2D eigenvalue weighted by Gasteiger charge is -2.14. The van der Waals surface area contributed by atoms with E-state index < -0.39 is 11.9 Å². The van der Waals surface area contributed by atoms with Crippen LogP contribution in [-0.2, 0) is 9.59 Å². The maximum absolute atomic E-state index is 11.0. The van der Waals surface area contributed by atoms with Crippen molar-refractivity contribution in [3.63, 3.8) is 0 Å². The molecule has 0 heterocycles. The van der Waals surface area contributed by atoms with Crippen LogP contribution in [-0.4, -0.2) is 33.9 Å². The van der Waals surface area contributed by atoms with Gasteiger partial charge in [0.1, 0.15) is 0 Å². The fourth-order valence-electron chi connectivity index (χ4n) is 2.85. The average Bonchev–Trinajstić information content (AvgIpc) is 2.53. The van der Waals surface area contributed by atoms with Gasteiger partial charge in [0.15, 0.2) is 0 Å². The summed E-state index contributed by atoms with van der Waals surface area (Å²) in [7, 11) is 0. The van der Waals surface area contributed by atoms with Crippen molar-refractivity contribution in [2.75, 3.05) is 6.61 Å². The Morgan fingerprint density at radius 2 is 1.38 bits per heavy atom. The van der Waals surface area contributed by atoms with Gasteiger partial charge in [-0.05, 0) is 18.8 Å². The molecule has 5 nitrogen and oxygen atoms in total. The number of carboxylic acid groups (broad SMARTS) is 2. The van der Waals surface area contributed by atoms with Gasteiger partial charge in [-0.3, -0.25) is 0 Å². The summed E-state index contributed by atoms with van der Waals surface area (Å²) in [5, 5.41) is 27.0. The van der Waals surface area contributed by atoms with Crippen molar-refractivity contribution in [3.05, 3.63) is 11.6 Å². The fourth-order valence-corrected chi connectivity index (χ4v) is 2.85. The normalized spacial score (nSPS) is 13.0. The molecule has 0 fully saturated rings. The molecule has 5 heteroatoms. The number of hydrogen-bond donors (Lipinski definition) is 3. The van der Waals surface area contributed by atoms with Crippen LogP contribution in [0.25, 0.3) is 0 Å². The Bertz CT molecular complexity index is 376. The average molecular weight is 342 g/mol. The molecule has 0 amide bonds. The van der Waals surface area contributed by atoms with E-state index in [0.717, 1.165) is 25.3 Å². The Hall–Kier alpha value is -1.36. The van der Waals surface area contributed by atoms with Crippen LogP contribution in [0.5, 0.6) is 0 Å². The quantitative estimate of drug-likeness (QED) is 0.285. The minimum Gasteiger partial charge on any atom is -0.478 e. The minimum absolute atomic E-state index is 0.107. The van der Waals surface area contributed by atoms with E-state index in [1.54, 1.807) is 0 Å². The van der Waals surface area contributed by atoms with Crippen molar-refractivity contribution < 1.29 is 24.9 Å². The van der Waals surface area contributed by atoms with Gasteiger partial charge in [-0.1, -0.05) is 71.1 Å². The predicted octanol–water partition coefficient (Wildman–Crippen LogP) is 4.39. The molecule has 140 valence electrons. The molecule has 0 aliphatic carbocycles. The number of rotatable bonds is 16. The van der Waals surface area contributed by atoms with Gasteiger partial charge in [-0.2, -0.15) is 0 Å². The van der Waals surface area contributed by atoms with Crippen molar-refractivity contribution in [1.29, 1.82) is 0 Å². The van der Waals surface area contributed by atoms with E-state index >= 15 is 0 Å². The van der Waals surface area contributed by atoms with Gasteiger partial charge in [0.25, 0.3) is 0 Å². The zero-order valence-electron chi connectivity index (χ0n) is 15.0. The van der Waals surface area contributed by atoms with Gasteiger partial charge < -0.3 is 15.3 Å². The van der Waals surface area contributed by atoms with Crippen molar-refractivity contribution >= 4 is 11.9 Å². The summed E-state index contributed by atoms with van der Waals surface area (Å²) in [5.41, 5.74) is -0.145. The zero-order chi connectivity index (χ0) is 18.2. The first kappa shape index (κ1) is 22.6. The summed E-state index contributed by atoms with van der Waals surface area (Å²) in [6, 6.07) is 0. The first-order chi connectivity index (χ1) is 11.5. The molecular formula is C19H34O5. The van der Waals surface area contributed by atoms with Crippen LogP contribution in [0.3, 0.4) is 0 Å². The number of aliphatic carboxylic acids is 2. The third kappa shape index (κ3) is 13.1. The molecule has 0 aromatic heterocycles. The lowest BCUT2D eigenvalue weighted by atomic mass is 9.93. The van der Waals surface area contributed by atoms with Crippen LogP contribution < -0.4 is 0 Å². The largest absolute Gasteiger partial charge is 0.478 e. The maximum Gasteiger partial charge on any atom is 0.331 e. The van der Waals surface area contributed by atoms with E-state index in [1.807, 2.05) is 0 Å². The number of carboxylic acids is 2. The summed E-state index contributed by atoms with van der Waals surface area (Å²) < 4.78 is 0. The summed E-state index contributed by atoms with van der Waals surface area (Å²) in [6.45, 7) is 2.11. The van der Waals surface area contributed by atoms with Crippen LogP contribution in [0, 0.1) is 5.92 Å². The van der Waals surface area contributed by atoms with Gasteiger partial charge in [-0.15, -0.1) is 0 Å². The number of hydrogen-bond acceptors (Lipinski definition) is 3. The fraction of sp³-hybridized carbons (Fsp3) is 0.789. The van der Waals surface area contributed by atoms with E-state index in [1.165, 1.54) is 51.4 Å². The van der Waals surface area contributed by atoms with E-state index in [-0.39, 0.29) is 24.5 Å². The number of unbranched alkanes of at least 4 members (excludes halogenated alkanes) is 9. The smallest absolute Gasteiger partial charge is 0.331 e. The Balaban J connectivity index is 3.82. The Morgan fingerprint density at radius 3 is 1.79 bits per heavy atom. The molecular weight excluding hydrogens is 308 g/mol. The molecule has 0 bridgehead atoms. The predicted molar refractivity (Wildman–Crippen MR) is 95.0 cm³/mol. The van der Waals surface area contributed by atoms with E-state index in [2.05, 4.69) is 6.92 Å².